The van der Waals surface area contributed by atoms with Crippen molar-refractivity contribution in [3.8, 4) is 0 Å². The van der Waals surface area contributed by atoms with Gasteiger partial charge in [0.1, 0.15) is 0 Å². The monoisotopic (exact) mass is 427 g/mol. The number of quaternary nitrogens is 1. The van der Waals surface area contributed by atoms with E-state index in [1.807, 2.05) is 0 Å². The van der Waals surface area contributed by atoms with Crippen LogP contribution >= 0.6 is 0 Å². The number of halogens is 1. The van der Waals surface area contributed by atoms with Crippen molar-refractivity contribution in [2.45, 2.75) is 79.1 Å². The van der Waals surface area contributed by atoms with E-state index in [1.165, 1.54) is 82.0 Å². The second kappa shape index (κ2) is 17.2. The van der Waals surface area contributed by atoms with Crippen LogP contribution in [0.3, 0.4) is 0 Å². The summed E-state index contributed by atoms with van der Waals surface area (Å²) in [6.45, 7) is 15.0. The minimum Gasteiger partial charge on any atom is -1.00 e. The minimum absolute atomic E-state index is 0. The maximum atomic E-state index is 2.33. The zero-order valence-electron chi connectivity index (χ0n) is 13.6. The van der Waals surface area contributed by atoms with Crippen molar-refractivity contribution in [1.29, 1.82) is 0 Å². The zero-order chi connectivity index (χ0) is 13.0. The molecule has 0 aromatic rings. The van der Waals surface area contributed by atoms with Crippen LogP contribution < -0.4 is 17.0 Å². The molecule has 0 radical (unpaired) electrons. The Labute approximate surface area is 146 Å². The Hall–Kier alpha value is 1.10. The molecule has 0 amide bonds. The van der Waals surface area contributed by atoms with Crippen LogP contribution in [-0.4, -0.2) is 30.7 Å². The Morgan fingerprint density at radius 1 is 0.526 bits per heavy atom. The second-order valence-electron chi connectivity index (χ2n) is 5.65. The van der Waals surface area contributed by atoms with Crippen LogP contribution in [0.25, 0.3) is 0 Å². The van der Waals surface area contributed by atoms with Crippen LogP contribution in [0.1, 0.15) is 79.1 Å². The third-order valence-corrected chi connectivity index (χ3v) is 3.94. The van der Waals surface area contributed by atoms with Gasteiger partial charge in [0.2, 0.25) is 0 Å². The molecule has 0 aromatic heterocycles. The summed E-state index contributed by atoms with van der Waals surface area (Å²) in [6, 6.07) is 0. The molecule has 1 nitrogen and oxygen atoms in total. The van der Waals surface area contributed by atoms with Gasteiger partial charge in [-0.3, -0.25) is 0 Å². The van der Waals surface area contributed by atoms with Crippen molar-refractivity contribution in [1.82, 2.24) is 0 Å². The summed E-state index contributed by atoms with van der Waals surface area (Å²) in [7, 11) is 0. The van der Waals surface area contributed by atoms with Crippen LogP contribution in [-0.2, 0) is 20.4 Å². The third kappa shape index (κ3) is 12.5. The van der Waals surface area contributed by atoms with Crippen LogP contribution in [0.2, 0.25) is 0 Å². The summed E-state index contributed by atoms with van der Waals surface area (Å²) < 4.78 is 1.42. The zero-order valence-corrected chi connectivity index (χ0v) is 16.8. The first-order valence-corrected chi connectivity index (χ1v) is 8.09. The largest absolute Gasteiger partial charge is 1.00 e. The number of hydrogen-bond acceptors (Lipinski definition) is 0. The standard InChI is InChI=1S/C16H36N.BrH.Pd/c1-5-9-13-17(14-10-6-2,15-11-7-3)16-12-8-4;;/h5-16H2,1-4H3;1H;/q+1;;/p-1. The Morgan fingerprint density at radius 2 is 0.737 bits per heavy atom. The van der Waals surface area contributed by atoms with Gasteiger partial charge >= 0.3 is 0 Å². The van der Waals surface area contributed by atoms with Crippen molar-refractivity contribution < 1.29 is 41.9 Å². The summed E-state index contributed by atoms with van der Waals surface area (Å²) in [4.78, 5) is 0. The molecule has 0 heterocycles. The van der Waals surface area contributed by atoms with Crippen LogP contribution in [0, 0.1) is 0 Å². The average molecular weight is 429 g/mol. The van der Waals surface area contributed by atoms with Crippen LogP contribution in [0.15, 0.2) is 0 Å². The molecule has 0 aliphatic rings. The maximum absolute atomic E-state index is 2.33. The van der Waals surface area contributed by atoms with Crippen LogP contribution in [0.5, 0.6) is 0 Å². The summed E-state index contributed by atoms with van der Waals surface area (Å²) in [5.74, 6) is 0. The minimum atomic E-state index is 0. The van der Waals surface area contributed by atoms with Crippen molar-refractivity contribution in [3.05, 3.63) is 0 Å². The fourth-order valence-corrected chi connectivity index (χ4v) is 2.64. The molecule has 0 rings (SSSR count). The summed E-state index contributed by atoms with van der Waals surface area (Å²) in [5, 5.41) is 0. The fraction of sp³-hybridized carbons (Fsp3) is 1.00. The molecule has 0 aromatic carbocycles. The molecule has 0 spiro atoms. The first kappa shape index (κ1) is 25.1. The van der Waals surface area contributed by atoms with Crippen molar-refractivity contribution in [3.63, 3.8) is 0 Å². The molecule has 0 unspecified atom stereocenters. The van der Waals surface area contributed by atoms with E-state index >= 15 is 0 Å². The predicted octanol–water partition coefficient (Wildman–Crippen LogP) is 2.01. The molecular formula is C16H36BrNPd. The van der Waals surface area contributed by atoms with E-state index in [9.17, 15) is 0 Å². The van der Waals surface area contributed by atoms with Gasteiger partial charge in [0.15, 0.2) is 0 Å². The van der Waals surface area contributed by atoms with E-state index in [0.717, 1.165) is 0 Å². The van der Waals surface area contributed by atoms with Crippen LogP contribution in [0.4, 0.5) is 0 Å². The molecule has 0 saturated carbocycles. The molecule has 0 N–H and O–H groups in total. The summed E-state index contributed by atoms with van der Waals surface area (Å²) in [6.07, 6.45) is 11.1. The Bertz CT molecular complexity index is 127. The van der Waals surface area contributed by atoms with Gasteiger partial charge in [-0.05, 0) is 25.7 Å². The van der Waals surface area contributed by atoms with E-state index in [1.54, 1.807) is 0 Å². The molecular weight excluding hydrogens is 393 g/mol. The topological polar surface area (TPSA) is 0 Å². The Kier molecular flexibility index (Phi) is 22.6. The molecule has 0 bridgehead atoms. The van der Waals surface area contributed by atoms with E-state index in [4.69, 9.17) is 0 Å². The first-order valence-electron chi connectivity index (χ1n) is 8.09. The third-order valence-electron chi connectivity index (χ3n) is 3.94. The SMILES string of the molecule is CCCC[N+](CCCC)(CCCC)CCCC.[Br-].[Pd]. The fourth-order valence-electron chi connectivity index (χ4n) is 2.64. The van der Waals surface area contributed by atoms with E-state index in [0.29, 0.717) is 0 Å². The van der Waals surface area contributed by atoms with Crippen molar-refractivity contribution in [2.24, 2.45) is 0 Å². The normalized spacial score (nSPS) is 10.7. The summed E-state index contributed by atoms with van der Waals surface area (Å²) in [5.41, 5.74) is 0. The van der Waals surface area contributed by atoms with Gasteiger partial charge in [-0.25, -0.2) is 0 Å². The molecule has 3 heteroatoms. The van der Waals surface area contributed by atoms with E-state index < -0.39 is 0 Å². The average Bonchev–Trinajstić information content (AvgIpc) is 2.37. The molecule has 19 heavy (non-hydrogen) atoms. The number of nitrogens with zero attached hydrogens (tertiary/aromatic N) is 1. The summed E-state index contributed by atoms with van der Waals surface area (Å²) >= 11 is 0. The first-order chi connectivity index (χ1) is 8.24. The molecule has 0 aliphatic heterocycles. The second-order valence-corrected chi connectivity index (χ2v) is 5.65. The van der Waals surface area contributed by atoms with E-state index in [2.05, 4.69) is 27.7 Å². The van der Waals surface area contributed by atoms with Gasteiger partial charge in [-0.15, -0.1) is 0 Å². The van der Waals surface area contributed by atoms with Crippen molar-refractivity contribution in [2.75, 3.05) is 26.2 Å². The van der Waals surface area contributed by atoms with Gasteiger partial charge in [0, 0.05) is 20.4 Å². The predicted molar refractivity (Wildman–Crippen MR) is 79.4 cm³/mol. The molecule has 0 atom stereocenters. The maximum Gasteiger partial charge on any atom is 0.0786 e. The number of rotatable bonds is 12. The quantitative estimate of drug-likeness (QED) is 0.329. The number of hydrogen-bond donors (Lipinski definition) is 0. The van der Waals surface area contributed by atoms with Crippen molar-refractivity contribution >= 4 is 0 Å². The Balaban J connectivity index is -0.00000128. The van der Waals surface area contributed by atoms with Gasteiger partial charge in [0.05, 0.1) is 26.2 Å². The molecule has 0 saturated heterocycles. The van der Waals surface area contributed by atoms with Gasteiger partial charge in [-0.1, -0.05) is 53.4 Å². The molecule has 122 valence electrons. The molecule has 0 aliphatic carbocycles. The smallest absolute Gasteiger partial charge is 0.0786 e. The van der Waals surface area contributed by atoms with Gasteiger partial charge < -0.3 is 21.5 Å². The Morgan fingerprint density at radius 3 is 0.895 bits per heavy atom. The van der Waals surface area contributed by atoms with Gasteiger partial charge in [-0.2, -0.15) is 0 Å². The van der Waals surface area contributed by atoms with Gasteiger partial charge in [0.25, 0.3) is 0 Å². The number of unbranched alkanes of at least 4 members (excludes halogenated alkanes) is 4. The molecule has 0 fully saturated rings. The van der Waals surface area contributed by atoms with E-state index in [-0.39, 0.29) is 37.4 Å².